The summed E-state index contributed by atoms with van der Waals surface area (Å²) in [7, 11) is 0. The number of imidazole rings is 1. The van der Waals surface area contributed by atoms with Crippen molar-refractivity contribution >= 4 is 28.4 Å². The molecule has 0 radical (unpaired) electrons. The Morgan fingerprint density at radius 1 is 1.15 bits per heavy atom. The SMILES string of the molecule is O=C(Cn1ccccc1=O)N/N=C\c1c(-c2ccccc2)nc2sccn12. The fourth-order valence-corrected chi connectivity index (χ4v) is 3.40. The number of thiazole rings is 1. The lowest BCUT2D eigenvalue weighted by atomic mass is 10.1. The van der Waals surface area contributed by atoms with Crippen molar-refractivity contribution < 1.29 is 4.79 Å². The summed E-state index contributed by atoms with van der Waals surface area (Å²) in [4.78, 5) is 29.2. The van der Waals surface area contributed by atoms with Crippen molar-refractivity contribution in [1.29, 1.82) is 0 Å². The number of nitrogens with one attached hydrogen (secondary N) is 1. The van der Waals surface area contributed by atoms with Crippen LogP contribution in [0.25, 0.3) is 16.2 Å². The molecule has 0 fully saturated rings. The third-order valence-corrected chi connectivity index (χ3v) is 4.69. The Hall–Kier alpha value is -3.52. The first-order valence-corrected chi connectivity index (χ1v) is 9.09. The summed E-state index contributed by atoms with van der Waals surface area (Å²) in [6.45, 7) is -0.0944. The van der Waals surface area contributed by atoms with E-state index in [1.165, 1.54) is 22.0 Å². The van der Waals surface area contributed by atoms with Crippen LogP contribution in [0.5, 0.6) is 0 Å². The maximum atomic E-state index is 12.1. The van der Waals surface area contributed by atoms with E-state index in [2.05, 4.69) is 15.5 Å². The number of rotatable bonds is 5. The number of carbonyl (C=O) groups is 1. The highest BCUT2D eigenvalue weighted by atomic mass is 32.1. The molecule has 0 aliphatic rings. The maximum absolute atomic E-state index is 12.1. The third kappa shape index (κ3) is 3.56. The Labute approximate surface area is 158 Å². The van der Waals surface area contributed by atoms with E-state index in [1.54, 1.807) is 24.5 Å². The first-order valence-electron chi connectivity index (χ1n) is 8.21. The molecule has 4 aromatic rings. The molecule has 0 bridgehead atoms. The van der Waals surface area contributed by atoms with Crippen molar-refractivity contribution in [3.05, 3.63) is 82.4 Å². The highest BCUT2D eigenvalue weighted by Crippen LogP contribution is 2.25. The predicted octanol–water partition coefficient (Wildman–Crippen LogP) is 2.37. The van der Waals surface area contributed by atoms with Crippen molar-refractivity contribution in [2.45, 2.75) is 6.54 Å². The number of hydrogen-bond acceptors (Lipinski definition) is 5. The van der Waals surface area contributed by atoms with Crippen molar-refractivity contribution in [2.75, 3.05) is 0 Å². The number of aromatic nitrogens is 3. The van der Waals surface area contributed by atoms with Gasteiger partial charge in [0.05, 0.1) is 17.6 Å². The Morgan fingerprint density at radius 3 is 2.78 bits per heavy atom. The fraction of sp³-hybridized carbons (Fsp3) is 0.0526. The van der Waals surface area contributed by atoms with Crippen LogP contribution in [0.2, 0.25) is 0 Å². The Kier molecular flexibility index (Phi) is 4.63. The molecule has 0 aliphatic heterocycles. The summed E-state index contributed by atoms with van der Waals surface area (Å²) in [5, 5.41) is 6.00. The van der Waals surface area contributed by atoms with Gasteiger partial charge in [-0.2, -0.15) is 5.10 Å². The van der Waals surface area contributed by atoms with Crippen LogP contribution in [0.4, 0.5) is 0 Å². The second kappa shape index (κ2) is 7.38. The fourth-order valence-electron chi connectivity index (χ4n) is 2.68. The second-order valence-electron chi connectivity index (χ2n) is 5.73. The monoisotopic (exact) mass is 377 g/mol. The lowest BCUT2D eigenvalue weighted by Gasteiger charge is -2.03. The van der Waals surface area contributed by atoms with Gasteiger partial charge in [0.2, 0.25) is 0 Å². The second-order valence-corrected chi connectivity index (χ2v) is 6.60. The number of hydrazone groups is 1. The summed E-state index contributed by atoms with van der Waals surface area (Å²) in [5.74, 6) is -0.383. The van der Waals surface area contributed by atoms with Crippen molar-refractivity contribution in [3.8, 4) is 11.3 Å². The molecular weight excluding hydrogens is 362 g/mol. The molecule has 0 unspecified atom stereocenters. The first-order chi connectivity index (χ1) is 13.2. The molecule has 0 saturated heterocycles. The van der Waals surface area contributed by atoms with Crippen LogP contribution >= 0.6 is 11.3 Å². The molecule has 27 heavy (non-hydrogen) atoms. The number of carbonyl (C=O) groups excluding carboxylic acids is 1. The van der Waals surface area contributed by atoms with Crippen LogP contribution in [0.3, 0.4) is 0 Å². The smallest absolute Gasteiger partial charge is 0.260 e. The van der Waals surface area contributed by atoms with Gasteiger partial charge in [-0.15, -0.1) is 11.3 Å². The zero-order chi connectivity index (χ0) is 18.6. The zero-order valence-electron chi connectivity index (χ0n) is 14.1. The van der Waals surface area contributed by atoms with Gasteiger partial charge in [-0.05, 0) is 6.07 Å². The molecule has 0 saturated carbocycles. The number of hydrogen-bond donors (Lipinski definition) is 1. The van der Waals surface area contributed by atoms with Crippen LogP contribution in [-0.2, 0) is 11.3 Å². The zero-order valence-corrected chi connectivity index (χ0v) is 15.0. The van der Waals surface area contributed by atoms with Gasteiger partial charge in [-0.1, -0.05) is 36.4 Å². The van der Waals surface area contributed by atoms with Gasteiger partial charge in [0, 0.05) is 29.4 Å². The van der Waals surface area contributed by atoms with E-state index in [1.807, 2.05) is 46.3 Å². The molecule has 8 heteroatoms. The van der Waals surface area contributed by atoms with Gasteiger partial charge in [0.1, 0.15) is 6.54 Å². The lowest BCUT2D eigenvalue weighted by molar-refractivity contribution is -0.121. The van der Waals surface area contributed by atoms with Gasteiger partial charge in [-0.25, -0.2) is 10.4 Å². The normalized spacial score (nSPS) is 11.3. The van der Waals surface area contributed by atoms with E-state index in [9.17, 15) is 9.59 Å². The minimum absolute atomic E-state index is 0.0944. The molecule has 4 rings (SSSR count). The van der Waals surface area contributed by atoms with Crippen LogP contribution < -0.4 is 11.0 Å². The van der Waals surface area contributed by atoms with E-state index in [-0.39, 0.29) is 18.0 Å². The molecule has 3 heterocycles. The van der Waals surface area contributed by atoms with E-state index in [4.69, 9.17) is 0 Å². The van der Waals surface area contributed by atoms with Crippen LogP contribution in [0, 0.1) is 0 Å². The molecular formula is C19H15N5O2S. The minimum Gasteiger partial charge on any atom is -0.306 e. The van der Waals surface area contributed by atoms with Crippen molar-refractivity contribution in [2.24, 2.45) is 5.10 Å². The summed E-state index contributed by atoms with van der Waals surface area (Å²) >= 11 is 1.52. The topological polar surface area (TPSA) is 80.8 Å². The third-order valence-electron chi connectivity index (χ3n) is 3.94. The van der Waals surface area contributed by atoms with E-state index >= 15 is 0 Å². The first kappa shape index (κ1) is 16.9. The largest absolute Gasteiger partial charge is 0.306 e. The highest BCUT2D eigenvalue weighted by molar-refractivity contribution is 7.15. The molecule has 0 spiro atoms. The predicted molar refractivity (Wildman–Crippen MR) is 105 cm³/mol. The summed E-state index contributed by atoms with van der Waals surface area (Å²) in [6, 6.07) is 14.5. The lowest BCUT2D eigenvalue weighted by Crippen LogP contribution is -2.29. The summed E-state index contributed by atoms with van der Waals surface area (Å²) in [6.07, 6.45) is 5.04. The van der Waals surface area contributed by atoms with Gasteiger partial charge < -0.3 is 4.57 Å². The van der Waals surface area contributed by atoms with Crippen molar-refractivity contribution in [1.82, 2.24) is 19.4 Å². The van der Waals surface area contributed by atoms with Gasteiger partial charge in [-0.3, -0.25) is 14.0 Å². The molecule has 1 N–H and O–H groups in total. The Morgan fingerprint density at radius 2 is 1.96 bits per heavy atom. The number of nitrogens with zero attached hydrogens (tertiary/aromatic N) is 4. The average Bonchev–Trinajstić information content (AvgIpc) is 3.27. The number of pyridine rings is 1. The molecule has 7 nitrogen and oxygen atoms in total. The van der Waals surface area contributed by atoms with Crippen molar-refractivity contribution in [3.63, 3.8) is 0 Å². The van der Waals surface area contributed by atoms with E-state index in [0.717, 1.165) is 21.9 Å². The standard InChI is InChI=1S/C19H15N5O2S/c25-16(13-23-9-5-4-8-17(23)26)22-20-12-15-18(14-6-2-1-3-7-14)21-19-24(15)10-11-27-19/h1-12H,13H2,(H,22,25)/b20-12-. The van der Waals surface area contributed by atoms with Crippen LogP contribution in [0.15, 0.2) is 76.2 Å². The number of fused-ring (bicyclic) bond motifs is 1. The summed E-state index contributed by atoms with van der Waals surface area (Å²) < 4.78 is 3.24. The Bertz CT molecular complexity index is 1170. The number of benzene rings is 1. The molecule has 1 amide bonds. The molecule has 134 valence electrons. The Balaban J connectivity index is 1.56. The van der Waals surface area contributed by atoms with E-state index in [0.29, 0.717) is 0 Å². The molecule has 1 aromatic carbocycles. The highest BCUT2D eigenvalue weighted by Gasteiger charge is 2.13. The molecule has 0 aliphatic carbocycles. The maximum Gasteiger partial charge on any atom is 0.260 e. The summed E-state index contributed by atoms with van der Waals surface area (Å²) in [5.41, 5.74) is 4.76. The van der Waals surface area contributed by atoms with Crippen LogP contribution in [0.1, 0.15) is 5.69 Å². The van der Waals surface area contributed by atoms with Gasteiger partial charge in [0.15, 0.2) is 4.96 Å². The quantitative estimate of drug-likeness (QED) is 0.428. The van der Waals surface area contributed by atoms with Crippen LogP contribution in [-0.4, -0.2) is 26.1 Å². The molecule has 0 atom stereocenters. The van der Waals surface area contributed by atoms with Gasteiger partial charge in [0.25, 0.3) is 11.5 Å². The average molecular weight is 377 g/mol. The van der Waals surface area contributed by atoms with Gasteiger partial charge >= 0.3 is 0 Å². The number of amides is 1. The van der Waals surface area contributed by atoms with E-state index < -0.39 is 0 Å². The molecule has 3 aromatic heterocycles. The minimum atomic E-state index is -0.383.